The molecule has 1 aromatic carbocycles. The number of anilines is 2. The van der Waals surface area contributed by atoms with Gasteiger partial charge in [-0.3, -0.25) is 14.4 Å². The summed E-state index contributed by atoms with van der Waals surface area (Å²) in [5.41, 5.74) is 2.42. The third kappa shape index (κ3) is 6.65. The van der Waals surface area contributed by atoms with Gasteiger partial charge in [-0.25, -0.2) is 24.0 Å². The Morgan fingerprint density at radius 3 is 2.62 bits per heavy atom. The van der Waals surface area contributed by atoms with Crippen LogP contribution < -0.4 is 20.9 Å². The summed E-state index contributed by atoms with van der Waals surface area (Å²) in [6, 6.07) is 4.02. The lowest BCUT2D eigenvalue weighted by atomic mass is 10.1. The van der Waals surface area contributed by atoms with E-state index in [1.165, 1.54) is 23.8 Å². The number of benzene rings is 1. The van der Waals surface area contributed by atoms with Gasteiger partial charge >= 0.3 is 12.1 Å². The average Bonchev–Trinajstić information content (AvgIpc) is 3.72. The van der Waals surface area contributed by atoms with Gasteiger partial charge in [-0.05, 0) is 63.3 Å². The van der Waals surface area contributed by atoms with E-state index < -0.39 is 24.9 Å². The van der Waals surface area contributed by atoms with Crippen molar-refractivity contribution in [3.63, 3.8) is 0 Å². The summed E-state index contributed by atoms with van der Waals surface area (Å²) in [4.78, 5) is 67.6. The van der Waals surface area contributed by atoms with Crippen molar-refractivity contribution < 1.29 is 33.4 Å². The molecular formula is C28H33N7O7. The number of aromatic nitrogens is 3. The molecule has 222 valence electrons. The van der Waals surface area contributed by atoms with E-state index in [9.17, 15) is 24.0 Å². The Morgan fingerprint density at radius 1 is 1.17 bits per heavy atom. The molecular weight excluding hydrogens is 546 g/mol. The van der Waals surface area contributed by atoms with Gasteiger partial charge in [0.15, 0.2) is 5.82 Å². The molecule has 42 heavy (non-hydrogen) atoms. The number of amides is 4. The molecule has 3 N–H and O–H groups in total. The molecule has 0 radical (unpaired) electrons. The zero-order valence-corrected chi connectivity index (χ0v) is 23.8. The van der Waals surface area contributed by atoms with E-state index >= 15 is 0 Å². The summed E-state index contributed by atoms with van der Waals surface area (Å²) in [7, 11) is 0. The third-order valence-corrected chi connectivity index (χ3v) is 6.66. The highest BCUT2D eigenvalue weighted by molar-refractivity contribution is 6.05. The molecule has 14 nitrogen and oxygen atoms in total. The number of ether oxygens (including phenoxy) is 2. The molecule has 1 unspecified atom stereocenters. The normalized spacial score (nSPS) is 13.1. The average molecular weight is 580 g/mol. The molecule has 0 spiro atoms. The summed E-state index contributed by atoms with van der Waals surface area (Å²) < 4.78 is 11.7. The van der Waals surface area contributed by atoms with Gasteiger partial charge in [0.2, 0.25) is 13.2 Å². The maximum Gasteiger partial charge on any atom is 0.423 e. The fourth-order valence-electron chi connectivity index (χ4n) is 4.15. The Morgan fingerprint density at radius 2 is 1.93 bits per heavy atom. The third-order valence-electron chi connectivity index (χ3n) is 6.66. The summed E-state index contributed by atoms with van der Waals surface area (Å²) in [6.45, 7) is 6.52. The van der Waals surface area contributed by atoms with Crippen LogP contribution in [0.3, 0.4) is 0 Å². The van der Waals surface area contributed by atoms with E-state index in [0.717, 1.165) is 24.2 Å². The van der Waals surface area contributed by atoms with Gasteiger partial charge in [0.1, 0.15) is 17.9 Å². The van der Waals surface area contributed by atoms with Crippen molar-refractivity contribution in [1.29, 1.82) is 0 Å². The van der Waals surface area contributed by atoms with Gasteiger partial charge in [0.25, 0.3) is 11.8 Å². The summed E-state index contributed by atoms with van der Waals surface area (Å²) >= 11 is 0. The first-order chi connectivity index (χ1) is 20.2. The monoisotopic (exact) mass is 579 g/mol. The number of aryl methyl sites for hydroxylation is 2. The number of rotatable bonds is 12. The fourth-order valence-corrected chi connectivity index (χ4v) is 4.15. The second-order valence-corrected chi connectivity index (χ2v) is 9.88. The first-order valence-corrected chi connectivity index (χ1v) is 13.5. The first kappa shape index (κ1) is 30.0. The molecule has 1 saturated carbocycles. The predicted octanol–water partition coefficient (Wildman–Crippen LogP) is 2.29. The second-order valence-electron chi connectivity index (χ2n) is 9.88. The van der Waals surface area contributed by atoms with Crippen molar-refractivity contribution in [2.45, 2.75) is 59.0 Å². The lowest BCUT2D eigenvalue weighted by Gasteiger charge is -2.24. The Hall–Kier alpha value is -5.01. The molecule has 4 rings (SSSR count). The Labute approximate surface area is 241 Å². The van der Waals surface area contributed by atoms with Gasteiger partial charge < -0.3 is 25.4 Å². The Kier molecular flexibility index (Phi) is 9.35. The quantitative estimate of drug-likeness (QED) is 0.165. The second kappa shape index (κ2) is 13.1. The number of esters is 1. The highest BCUT2D eigenvalue weighted by Gasteiger charge is 2.30. The van der Waals surface area contributed by atoms with E-state index in [2.05, 4.69) is 26.0 Å². The molecule has 4 amide bonds. The van der Waals surface area contributed by atoms with E-state index in [0.29, 0.717) is 40.7 Å². The van der Waals surface area contributed by atoms with Crippen LogP contribution in [0, 0.1) is 13.8 Å². The molecule has 1 atom stereocenters. The van der Waals surface area contributed by atoms with Crippen molar-refractivity contribution >= 4 is 47.3 Å². The van der Waals surface area contributed by atoms with Crippen molar-refractivity contribution in [2.75, 3.05) is 18.2 Å². The standard InChI is InChI=1S/C28H33N7O7/c1-5-10-29-25(37)19-7-6-16(2)22(11-19)35(28(40)42-15-41-27(39)18(4)31-14-36)24-23-17(3)21(12-34(23)32-13-30-24)26(38)33-20-8-9-20/h6-7,11-14,18,20H,5,8-10,15H2,1-4H3,(H,29,37)(H,31,36)(H,33,38). The molecule has 0 aliphatic heterocycles. The molecule has 1 fully saturated rings. The lowest BCUT2D eigenvalue weighted by molar-refractivity contribution is -0.154. The highest BCUT2D eigenvalue weighted by Crippen LogP contribution is 2.34. The molecule has 2 heterocycles. The minimum absolute atomic E-state index is 0.0782. The summed E-state index contributed by atoms with van der Waals surface area (Å²) in [6.07, 6.45) is 4.74. The van der Waals surface area contributed by atoms with Crippen LogP contribution in [-0.4, -0.2) is 70.3 Å². The van der Waals surface area contributed by atoms with Crippen LogP contribution >= 0.6 is 0 Å². The van der Waals surface area contributed by atoms with Gasteiger partial charge in [0.05, 0.1) is 11.3 Å². The maximum absolute atomic E-state index is 13.7. The van der Waals surface area contributed by atoms with Gasteiger partial charge in [-0.15, -0.1) is 0 Å². The number of nitrogens with zero attached hydrogens (tertiary/aromatic N) is 4. The van der Waals surface area contributed by atoms with Crippen LogP contribution in [0.4, 0.5) is 16.3 Å². The molecule has 0 saturated heterocycles. The van der Waals surface area contributed by atoms with E-state index in [-0.39, 0.29) is 29.4 Å². The van der Waals surface area contributed by atoms with Crippen LogP contribution in [0.2, 0.25) is 0 Å². The Bertz CT molecular complexity index is 1520. The van der Waals surface area contributed by atoms with Crippen LogP contribution in [-0.2, 0) is 19.1 Å². The SMILES string of the molecule is CCCNC(=O)c1ccc(C)c(N(C(=O)OCOC(=O)C(C)NC=O)c2ncnn3cc(C(=O)NC4CC4)c(C)c23)c1. The zero-order valence-electron chi connectivity index (χ0n) is 23.8. The van der Waals surface area contributed by atoms with Gasteiger partial charge in [0, 0.05) is 24.3 Å². The van der Waals surface area contributed by atoms with Gasteiger partial charge in [-0.1, -0.05) is 13.0 Å². The molecule has 1 aliphatic carbocycles. The maximum atomic E-state index is 13.7. The lowest BCUT2D eigenvalue weighted by Crippen LogP contribution is -2.36. The van der Waals surface area contributed by atoms with E-state index in [4.69, 9.17) is 9.47 Å². The first-order valence-electron chi connectivity index (χ1n) is 13.5. The van der Waals surface area contributed by atoms with E-state index in [1.807, 2.05) is 6.92 Å². The van der Waals surface area contributed by atoms with E-state index in [1.54, 1.807) is 32.2 Å². The zero-order chi connectivity index (χ0) is 30.4. The molecule has 3 aromatic rings. The smallest absolute Gasteiger partial charge is 0.423 e. The minimum atomic E-state index is -0.974. The number of carbonyl (C=O) groups is 5. The summed E-state index contributed by atoms with van der Waals surface area (Å²) in [5, 5.41) is 12.3. The minimum Gasteiger partial charge on any atom is -0.426 e. The number of carbonyl (C=O) groups excluding carboxylic acids is 5. The summed E-state index contributed by atoms with van der Waals surface area (Å²) in [5.74, 6) is -1.33. The highest BCUT2D eigenvalue weighted by atomic mass is 16.7. The predicted molar refractivity (Wildman–Crippen MR) is 150 cm³/mol. The van der Waals surface area contributed by atoms with Crippen molar-refractivity contribution in [2.24, 2.45) is 0 Å². The number of hydrogen-bond donors (Lipinski definition) is 3. The van der Waals surface area contributed by atoms with Crippen LogP contribution in [0.5, 0.6) is 0 Å². The molecule has 2 aromatic heterocycles. The number of fused-ring (bicyclic) bond motifs is 1. The number of hydrogen-bond acceptors (Lipinski definition) is 9. The van der Waals surface area contributed by atoms with Crippen LogP contribution in [0.15, 0.2) is 30.7 Å². The van der Waals surface area contributed by atoms with Crippen LogP contribution in [0.1, 0.15) is 65.0 Å². The van der Waals surface area contributed by atoms with Gasteiger partial charge in [-0.2, -0.15) is 5.10 Å². The largest absolute Gasteiger partial charge is 0.426 e. The molecule has 1 aliphatic rings. The molecule has 14 heteroatoms. The van der Waals surface area contributed by atoms with Crippen LogP contribution in [0.25, 0.3) is 5.52 Å². The fraction of sp³-hybridized carbons (Fsp3) is 0.393. The van der Waals surface area contributed by atoms with Crippen molar-refractivity contribution in [3.8, 4) is 0 Å². The van der Waals surface area contributed by atoms with Crippen molar-refractivity contribution in [1.82, 2.24) is 30.5 Å². The number of nitrogens with one attached hydrogen (secondary N) is 3. The van der Waals surface area contributed by atoms with Crippen molar-refractivity contribution in [3.05, 3.63) is 53.0 Å². The Balaban J connectivity index is 1.75. The molecule has 0 bridgehead atoms. The topological polar surface area (TPSA) is 173 Å².